The molecule has 6 heteroatoms. The van der Waals surface area contributed by atoms with Gasteiger partial charge < -0.3 is 4.74 Å². The van der Waals surface area contributed by atoms with Crippen LogP contribution in [0.1, 0.15) is 46.5 Å². The van der Waals surface area contributed by atoms with Crippen molar-refractivity contribution < 1.29 is 9.53 Å². The van der Waals surface area contributed by atoms with Gasteiger partial charge in [-0.05, 0) is 52.0 Å². The molecule has 18 heavy (non-hydrogen) atoms. The first-order valence-electron chi connectivity index (χ1n) is 6.41. The molecule has 0 atom stereocenters. The molecule has 2 saturated heterocycles. The first-order chi connectivity index (χ1) is 8.38. The molecule has 0 N–H and O–H groups in total. The van der Waals surface area contributed by atoms with Crippen LogP contribution in [0.15, 0.2) is 5.11 Å². The van der Waals surface area contributed by atoms with Crippen molar-refractivity contribution in [3.8, 4) is 0 Å². The predicted octanol–water partition coefficient (Wildman–Crippen LogP) is 3.23. The van der Waals surface area contributed by atoms with E-state index >= 15 is 0 Å². The van der Waals surface area contributed by atoms with E-state index in [4.69, 9.17) is 10.3 Å². The lowest BCUT2D eigenvalue weighted by Crippen LogP contribution is -2.49. The Bertz CT molecular complexity index is 387. The van der Waals surface area contributed by atoms with Crippen molar-refractivity contribution in [2.45, 2.75) is 63.6 Å². The van der Waals surface area contributed by atoms with Gasteiger partial charge in [-0.2, -0.15) is 0 Å². The average Bonchev–Trinajstić information content (AvgIpc) is 2.79. The molecule has 100 valence electrons. The third-order valence-corrected chi connectivity index (χ3v) is 3.78. The normalized spacial score (nSPS) is 30.2. The van der Waals surface area contributed by atoms with E-state index in [-0.39, 0.29) is 17.7 Å². The Kier molecular flexibility index (Phi) is 3.15. The molecule has 0 aliphatic carbocycles. The third kappa shape index (κ3) is 2.25. The van der Waals surface area contributed by atoms with Crippen LogP contribution in [0, 0.1) is 0 Å². The zero-order valence-electron chi connectivity index (χ0n) is 11.2. The van der Waals surface area contributed by atoms with Crippen molar-refractivity contribution in [1.82, 2.24) is 4.90 Å². The van der Waals surface area contributed by atoms with Crippen LogP contribution in [0.3, 0.4) is 0 Å². The maximum Gasteiger partial charge on any atom is 0.411 e. The van der Waals surface area contributed by atoms with Crippen LogP contribution in [0.2, 0.25) is 0 Å². The summed E-state index contributed by atoms with van der Waals surface area (Å²) in [5.74, 6) is 0. The van der Waals surface area contributed by atoms with E-state index in [1.807, 2.05) is 25.7 Å². The molecule has 0 spiro atoms. The molecule has 0 aromatic rings. The standard InChI is InChI=1S/C12H20N4O2/c1-11(2,3)18-10(17)16-9-4-6-12(16,7-5-9)8-14-15-13/h9H,4-8H2,1-3H3. The molecule has 2 fully saturated rings. The van der Waals surface area contributed by atoms with Crippen molar-refractivity contribution in [1.29, 1.82) is 0 Å². The van der Waals surface area contributed by atoms with E-state index in [2.05, 4.69) is 10.0 Å². The molecule has 0 saturated carbocycles. The fourth-order valence-electron chi connectivity index (χ4n) is 3.08. The number of ether oxygens (including phenoxy) is 1. The summed E-state index contributed by atoms with van der Waals surface area (Å²) in [7, 11) is 0. The van der Waals surface area contributed by atoms with E-state index < -0.39 is 5.60 Å². The highest BCUT2D eigenvalue weighted by Crippen LogP contribution is 2.47. The van der Waals surface area contributed by atoms with E-state index in [1.165, 1.54) is 0 Å². The summed E-state index contributed by atoms with van der Waals surface area (Å²) in [6.45, 7) is 5.95. The summed E-state index contributed by atoms with van der Waals surface area (Å²) >= 11 is 0. The van der Waals surface area contributed by atoms with Crippen LogP contribution in [-0.2, 0) is 4.74 Å². The topological polar surface area (TPSA) is 78.3 Å². The Morgan fingerprint density at radius 2 is 2.11 bits per heavy atom. The average molecular weight is 252 g/mol. The summed E-state index contributed by atoms with van der Waals surface area (Å²) in [6, 6.07) is 0.258. The number of hydrogen-bond acceptors (Lipinski definition) is 3. The molecule has 2 rings (SSSR count). The highest BCUT2D eigenvalue weighted by atomic mass is 16.6. The number of carbonyl (C=O) groups is 1. The highest BCUT2D eigenvalue weighted by Gasteiger charge is 2.54. The van der Waals surface area contributed by atoms with E-state index in [0.29, 0.717) is 6.54 Å². The number of fused-ring (bicyclic) bond motifs is 2. The van der Waals surface area contributed by atoms with Crippen LogP contribution >= 0.6 is 0 Å². The molecule has 0 radical (unpaired) electrons. The Balaban J connectivity index is 2.16. The van der Waals surface area contributed by atoms with Crippen molar-refractivity contribution >= 4 is 6.09 Å². The second-order valence-electron chi connectivity index (χ2n) is 6.19. The number of carbonyl (C=O) groups excluding carboxylic acids is 1. The van der Waals surface area contributed by atoms with E-state index in [9.17, 15) is 4.79 Å². The maximum atomic E-state index is 12.3. The first kappa shape index (κ1) is 13.0. The van der Waals surface area contributed by atoms with Crippen molar-refractivity contribution in [3.63, 3.8) is 0 Å². The van der Waals surface area contributed by atoms with Gasteiger partial charge in [0.1, 0.15) is 5.60 Å². The zero-order valence-corrected chi connectivity index (χ0v) is 11.2. The molecular weight excluding hydrogens is 232 g/mol. The second-order valence-corrected chi connectivity index (χ2v) is 6.19. The SMILES string of the molecule is CC(C)(C)OC(=O)N1C2CCC1(CN=[N+]=[N-])CC2. The predicted molar refractivity (Wildman–Crippen MR) is 67.1 cm³/mol. The summed E-state index contributed by atoms with van der Waals surface area (Å²) < 4.78 is 5.46. The first-order valence-corrected chi connectivity index (χ1v) is 6.41. The van der Waals surface area contributed by atoms with Gasteiger partial charge in [-0.3, -0.25) is 4.90 Å². The van der Waals surface area contributed by atoms with Crippen LogP contribution in [0.25, 0.3) is 10.4 Å². The van der Waals surface area contributed by atoms with Gasteiger partial charge in [-0.1, -0.05) is 5.11 Å². The Morgan fingerprint density at radius 1 is 1.50 bits per heavy atom. The van der Waals surface area contributed by atoms with Crippen LogP contribution in [0.4, 0.5) is 4.79 Å². The minimum absolute atomic E-state index is 0.258. The fourth-order valence-corrected chi connectivity index (χ4v) is 3.08. The van der Waals surface area contributed by atoms with E-state index in [0.717, 1.165) is 25.7 Å². The number of nitrogens with zero attached hydrogens (tertiary/aromatic N) is 4. The Labute approximate surface area is 107 Å². The maximum absolute atomic E-state index is 12.3. The number of hydrogen-bond donors (Lipinski definition) is 0. The molecule has 2 bridgehead atoms. The third-order valence-electron chi connectivity index (χ3n) is 3.78. The van der Waals surface area contributed by atoms with Gasteiger partial charge in [-0.25, -0.2) is 4.79 Å². The quantitative estimate of drug-likeness (QED) is 0.429. The van der Waals surface area contributed by atoms with Gasteiger partial charge in [0.05, 0.1) is 5.54 Å². The van der Waals surface area contributed by atoms with Crippen molar-refractivity contribution in [2.24, 2.45) is 5.11 Å². The fraction of sp³-hybridized carbons (Fsp3) is 0.917. The summed E-state index contributed by atoms with van der Waals surface area (Å²) in [6.07, 6.45) is 3.53. The molecule has 2 aliphatic rings. The van der Waals surface area contributed by atoms with Gasteiger partial charge >= 0.3 is 6.09 Å². The van der Waals surface area contributed by atoms with Gasteiger partial charge in [0.25, 0.3) is 0 Å². The van der Waals surface area contributed by atoms with Crippen molar-refractivity contribution in [3.05, 3.63) is 10.4 Å². The van der Waals surface area contributed by atoms with Crippen LogP contribution in [-0.4, -0.2) is 34.7 Å². The van der Waals surface area contributed by atoms with Crippen LogP contribution < -0.4 is 0 Å². The monoisotopic (exact) mass is 252 g/mol. The molecule has 6 nitrogen and oxygen atoms in total. The van der Waals surface area contributed by atoms with E-state index in [1.54, 1.807) is 0 Å². The summed E-state index contributed by atoms with van der Waals surface area (Å²) in [5.41, 5.74) is 7.71. The van der Waals surface area contributed by atoms with Gasteiger partial charge in [-0.15, -0.1) is 0 Å². The van der Waals surface area contributed by atoms with Crippen molar-refractivity contribution in [2.75, 3.05) is 6.54 Å². The molecule has 0 aromatic carbocycles. The van der Waals surface area contributed by atoms with Gasteiger partial charge in [0.2, 0.25) is 0 Å². The van der Waals surface area contributed by atoms with Gasteiger partial charge in [0.15, 0.2) is 0 Å². The number of azide groups is 1. The summed E-state index contributed by atoms with van der Waals surface area (Å²) in [4.78, 5) is 16.9. The molecule has 2 aliphatic heterocycles. The smallest absolute Gasteiger partial charge is 0.411 e. The lowest BCUT2D eigenvalue weighted by atomic mass is 9.88. The highest BCUT2D eigenvalue weighted by molar-refractivity contribution is 5.71. The largest absolute Gasteiger partial charge is 0.444 e. The van der Waals surface area contributed by atoms with Crippen LogP contribution in [0.5, 0.6) is 0 Å². The van der Waals surface area contributed by atoms with Gasteiger partial charge in [0, 0.05) is 17.5 Å². The Morgan fingerprint density at radius 3 is 2.61 bits per heavy atom. The number of rotatable bonds is 2. The molecule has 0 unspecified atom stereocenters. The zero-order chi connectivity index (χ0) is 13.4. The number of amides is 1. The molecule has 2 heterocycles. The molecular formula is C12H20N4O2. The molecule has 0 aromatic heterocycles. The second kappa shape index (κ2) is 4.35. The minimum Gasteiger partial charge on any atom is -0.444 e. The summed E-state index contributed by atoms with van der Waals surface area (Å²) in [5, 5.41) is 3.68. The minimum atomic E-state index is -0.487. The molecule has 1 amide bonds. The lowest BCUT2D eigenvalue weighted by Gasteiger charge is -2.35. The Hall–Kier alpha value is -1.42. The lowest BCUT2D eigenvalue weighted by molar-refractivity contribution is 0.0106.